The summed E-state index contributed by atoms with van der Waals surface area (Å²) in [4.78, 5) is 29.1. The topological polar surface area (TPSA) is 92.2 Å². The molecule has 12 heteroatoms. The summed E-state index contributed by atoms with van der Waals surface area (Å²) in [6, 6.07) is 3.53. The van der Waals surface area contributed by atoms with E-state index in [1.54, 1.807) is 24.2 Å². The molecule has 0 atom stereocenters. The monoisotopic (exact) mass is 451 g/mol. The zero-order valence-corrected chi connectivity index (χ0v) is 16.6. The van der Waals surface area contributed by atoms with E-state index in [2.05, 4.69) is 15.4 Å². The quantitative estimate of drug-likeness (QED) is 0.582. The van der Waals surface area contributed by atoms with Crippen LogP contribution in [-0.4, -0.2) is 39.9 Å². The number of aromatic amines is 1. The summed E-state index contributed by atoms with van der Waals surface area (Å²) in [5, 5.41) is 6.53. The molecule has 1 saturated heterocycles. The van der Waals surface area contributed by atoms with E-state index < -0.39 is 35.1 Å². The number of amides is 1. The van der Waals surface area contributed by atoms with Gasteiger partial charge in [-0.05, 0) is 18.2 Å². The van der Waals surface area contributed by atoms with Crippen molar-refractivity contribution in [3.8, 4) is 5.75 Å². The highest BCUT2D eigenvalue weighted by molar-refractivity contribution is 6.07. The standard InChI is InChI=1S/C20H17F4N5O3/c1-28-8-13(7-26-28)27-19(31)17-16(2-3-25-18(17)30)29-9-15(10-29)32-14-5-11(20(22,23)24)4-12(21)6-14/h2-8,15H,9-10H2,1H3,(H,25,30)(H,27,31). The number of alkyl halides is 3. The van der Waals surface area contributed by atoms with E-state index in [1.807, 2.05) is 0 Å². The van der Waals surface area contributed by atoms with Crippen LogP contribution in [0.2, 0.25) is 0 Å². The molecule has 0 radical (unpaired) electrons. The number of carbonyl (C=O) groups excluding carboxylic acids is 1. The first-order valence-electron chi connectivity index (χ1n) is 9.41. The lowest BCUT2D eigenvalue weighted by atomic mass is 10.1. The van der Waals surface area contributed by atoms with Crippen LogP contribution in [0.4, 0.5) is 28.9 Å². The Hall–Kier alpha value is -3.83. The number of nitrogens with zero attached hydrogens (tertiary/aromatic N) is 3. The van der Waals surface area contributed by atoms with Crippen LogP contribution in [0.3, 0.4) is 0 Å². The molecule has 0 spiro atoms. The Morgan fingerprint density at radius 2 is 2.03 bits per heavy atom. The fourth-order valence-corrected chi connectivity index (χ4v) is 3.33. The number of nitrogens with one attached hydrogen (secondary N) is 2. The number of H-pyrrole nitrogens is 1. The van der Waals surface area contributed by atoms with Crippen molar-refractivity contribution in [2.45, 2.75) is 12.3 Å². The number of aryl methyl sites for hydroxylation is 1. The van der Waals surface area contributed by atoms with Crippen molar-refractivity contribution >= 4 is 17.3 Å². The highest BCUT2D eigenvalue weighted by Gasteiger charge is 2.34. The van der Waals surface area contributed by atoms with Crippen LogP contribution in [0.15, 0.2) is 47.7 Å². The van der Waals surface area contributed by atoms with E-state index in [1.165, 1.54) is 17.1 Å². The number of ether oxygens (including phenoxy) is 1. The lowest BCUT2D eigenvalue weighted by molar-refractivity contribution is -0.137. The lowest BCUT2D eigenvalue weighted by Gasteiger charge is -2.41. The number of rotatable bonds is 5. The third-order valence-corrected chi connectivity index (χ3v) is 4.82. The largest absolute Gasteiger partial charge is 0.487 e. The molecule has 1 amide bonds. The second-order valence-corrected chi connectivity index (χ2v) is 7.24. The molecule has 0 saturated carbocycles. The van der Waals surface area contributed by atoms with Crippen LogP contribution in [-0.2, 0) is 13.2 Å². The van der Waals surface area contributed by atoms with Gasteiger partial charge < -0.3 is 19.9 Å². The van der Waals surface area contributed by atoms with Crippen LogP contribution in [0.5, 0.6) is 5.75 Å². The van der Waals surface area contributed by atoms with Gasteiger partial charge in [0.25, 0.3) is 11.5 Å². The maximum Gasteiger partial charge on any atom is 0.416 e. The zero-order chi connectivity index (χ0) is 23.0. The number of benzene rings is 1. The molecule has 0 unspecified atom stereocenters. The lowest BCUT2D eigenvalue weighted by Crippen LogP contribution is -2.55. The van der Waals surface area contributed by atoms with Crippen LogP contribution >= 0.6 is 0 Å². The molecule has 0 aliphatic carbocycles. The number of anilines is 2. The first-order chi connectivity index (χ1) is 15.1. The molecule has 3 heterocycles. The minimum absolute atomic E-state index is 0.125. The highest BCUT2D eigenvalue weighted by atomic mass is 19.4. The molecule has 2 N–H and O–H groups in total. The Morgan fingerprint density at radius 3 is 2.69 bits per heavy atom. The van der Waals surface area contributed by atoms with E-state index in [9.17, 15) is 27.2 Å². The molecule has 32 heavy (non-hydrogen) atoms. The Morgan fingerprint density at radius 1 is 1.28 bits per heavy atom. The molecule has 4 rings (SSSR count). The first-order valence-corrected chi connectivity index (χ1v) is 9.41. The Kier molecular flexibility index (Phi) is 5.36. The molecule has 3 aromatic rings. The summed E-state index contributed by atoms with van der Waals surface area (Å²) in [5.74, 6) is -1.95. The van der Waals surface area contributed by atoms with Crippen molar-refractivity contribution in [1.29, 1.82) is 0 Å². The van der Waals surface area contributed by atoms with Crippen LogP contribution in [0.25, 0.3) is 0 Å². The normalized spacial score (nSPS) is 14.2. The van der Waals surface area contributed by atoms with Crippen molar-refractivity contribution in [3.63, 3.8) is 0 Å². The fraction of sp³-hybridized carbons (Fsp3) is 0.250. The molecule has 0 bridgehead atoms. The Bertz CT molecular complexity index is 1210. The summed E-state index contributed by atoms with van der Waals surface area (Å²) in [6.07, 6.45) is -0.874. The van der Waals surface area contributed by atoms with E-state index in [4.69, 9.17) is 4.74 Å². The van der Waals surface area contributed by atoms with Crippen molar-refractivity contribution in [2.24, 2.45) is 7.05 Å². The molecule has 1 aliphatic heterocycles. The average molecular weight is 451 g/mol. The van der Waals surface area contributed by atoms with Gasteiger partial charge in [0, 0.05) is 25.5 Å². The molecule has 1 aliphatic rings. The summed E-state index contributed by atoms with van der Waals surface area (Å²) >= 11 is 0. The maximum atomic E-state index is 13.6. The summed E-state index contributed by atoms with van der Waals surface area (Å²) in [5.41, 5.74) is -1.13. The summed E-state index contributed by atoms with van der Waals surface area (Å²) in [6.45, 7) is 0.378. The molecule has 2 aromatic heterocycles. The minimum atomic E-state index is -4.70. The van der Waals surface area contributed by atoms with Gasteiger partial charge in [-0.2, -0.15) is 18.3 Å². The van der Waals surface area contributed by atoms with Gasteiger partial charge in [0.2, 0.25) is 0 Å². The minimum Gasteiger partial charge on any atom is -0.487 e. The van der Waals surface area contributed by atoms with Crippen molar-refractivity contribution in [2.75, 3.05) is 23.3 Å². The smallest absolute Gasteiger partial charge is 0.416 e. The predicted octanol–water partition coefficient (Wildman–Crippen LogP) is 2.79. The summed E-state index contributed by atoms with van der Waals surface area (Å²) in [7, 11) is 1.67. The van der Waals surface area contributed by atoms with Gasteiger partial charge in [0.15, 0.2) is 0 Å². The number of hydrogen-bond donors (Lipinski definition) is 2. The zero-order valence-electron chi connectivity index (χ0n) is 16.6. The van der Waals surface area contributed by atoms with Crippen LogP contribution in [0.1, 0.15) is 15.9 Å². The summed E-state index contributed by atoms with van der Waals surface area (Å²) < 4.78 is 59.1. The van der Waals surface area contributed by atoms with E-state index in [-0.39, 0.29) is 24.4 Å². The van der Waals surface area contributed by atoms with Gasteiger partial charge >= 0.3 is 6.18 Å². The molecule has 1 fully saturated rings. The maximum absolute atomic E-state index is 13.6. The third-order valence-electron chi connectivity index (χ3n) is 4.82. The molecule has 168 valence electrons. The van der Waals surface area contributed by atoms with Crippen molar-refractivity contribution < 1.29 is 27.1 Å². The van der Waals surface area contributed by atoms with Gasteiger partial charge in [-0.15, -0.1) is 0 Å². The number of hydrogen-bond acceptors (Lipinski definition) is 5. The second-order valence-electron chi connectivity index (χ2n) is 7.24. The van der Waals surface area contributed by atoms with Gasteiger partial charge in [0.05, 0.1) is 36.2 Å². The van der Waals surface area contributed by atoms with E-state index in [0.29, 0.717) is 17.4 Å². The van der Waals surface area contributed by atoms with Gasteiger partial charge in [-0.25, -0.2) is 4.39 Å². The van der Waals surface area contributed by atoms with Gasteiger partial charge in [-0.1, -0.05) is 0 Å². The first kappa shape index (κ1) is 21.4. The molecular weight excluding hydrogens is 434 g/mol. The Labute approximate surface area is 178 Å². The van der Waals surface area contributed by atoms with E-state index >= 15 is 0 Å². The van der Waals surface area contributed by atoms with Crippen LogP contribution in [0, 0.1) is 5.82 Å². The van der Waals surface area contributed by atoms with Crippen LogP contribution < -0.4 is 20.5 Å². The van der Waals surface area contributed by atoms with Crippen molar-refractivity contribution in [1.82, 2.24) is 14.8 Å². The predicted molar refractivity (Wildman–Crippen MR) is 106 cm³/mol. The molecule has 1 aromatic carbocycles. The molecular formula is C20H17F4N5O3. The van der Waals surface area contributed by atoms with Crippen molar-refractivity contribution in [3.05, 3.63) is 70.2 Å². The fourth-order valence-electron chi connectivity index (χ4n) is 3.33. The number of pyridine rings is 1. The molecule has 8 nitrogen and oxygen atoms in total. The highest BCUT2D eigenvalue weighted by Crippen LogP contribution is 2.33. The van der Waals surface area contributed by atoms with Gasteiger partial charge in [0.1, 0.15) is 23.2 Å². The number of aromatic nitrogens is 3. The third kappa shape index (κ3) is 4.43. The Balaban J connectivity index is 1.47. The van der Waals surface area contributed by atoms with E-state index in [0.717, 1.165) is 12.1 Å². The van der Waals surface area contributed by atoms with Gasteiger partial charge in [-0.3, -0.25) is 14.3 Å². The average Bonchev–Trinajstić information content (AvgIpc) is 3.07. The number of carbonyl (C=O) groups is 1. The second kappa shape index (κ2) is 8.02. The number of halogens is 4. The SMILES string of the molecule is Cn1cc(NC(=O)c2c(N3CC(Oc4cc(F)cc(C(F)(F)F)c4)C3)cc[nH]c2=O)cn1.